The summed E-state index contributed by atoms with van der Waals surface area (Å²) in [7, 11) is -2.76. The van der Waals surface area contributed by atoms with Crippen molar-refractivity contribution in [3.8, 4) is 0 Å². The van der Waals surface area contributed by atoms with Crippen LogP contribution in [0.5, 0.6) is 0 Å². The molecule has 1 aliphatic heterocycles. The number of rotatable bonds is 4. The van der Waals surface area contributed by atoms with Crippen molar-refractivity contribution in [3.63, 3.8) is 0 Å². The molecule has 0 N–H and O–H groups in total. The van der Waals surface area contributed by atoms with Gasteiger partial charge in [0.1, 0.15) is 0 Å². The predicted octanol–water partition coefficient (Wildman–Crippen LogP) is 2.08. The Bertz CT molecular complexity index is 491. The quantitative estimate of drug-likeness (QED) is 0.848. The molecule has 19 heavy (non-hydrogen) atoms. The SMILES string of the molecule is CC(C)c1ccc(CCN2CCS(=O)(=O)CC2)cc1. The molecule has 0 amide bonds. The van der Waals surface area contributed by atoms with Gasteiger partial charge in [0.25, 0.3) is 0 Å². The van der Waals surface area contributed by atoms with Crippen LogP contribution < -0.4 is 0 Å². The molecule has 4 heteroatoms. The lowest BCUT2D eigenvalue weighted by Crippen LogP contribution is -2.41. The Balaban J connectivity index is 1.83. The molecule has 2 rings (SSSR count). The molecular formula is C15H23NO2S. The lowest BCUT2D eigenvalue weighted by Gasteiger charge is -2.26. The van der Waals surface area contributed by atoms with Gasteiger partial charge in [0.2, 0.25) is 0 Å². The molecule has 1 aliphatic rings. The van der Waals surface area contributed by atoms with Crippen molar-refractivity contribution in [2.45, 2.75) is 26.2 Å². The maximum absolute atomic E-state index is 11.3. The van der Waals surface area contributed by atoms with E-state index in [1.807, 2.05) is 0 Å². The number of sulfone groups is 1. The van der Waals surface area contributed by atoms with Crippen molar-refractivity contribution < 1.29 is 8.42 Å². The van der Waals surface area contributed by atoms with E-state index in [0.717, 1.165) is 13.0 Å². The van der Waals surface area contributed by atoms with Gasteiger partial charge in [-0.15, -0.1) is 0 Å². The van der Waals surface area contributed by atoms with E-state index in [-0.39, 0.29) is 0 Å². The van der Waals surface area contributed by atoms with Gasteiger partial charge in [0.05, 0.1) is 11.5 Å². The largest absolute Gasteiger partial charge is 0.301 e. The minimum absolute atomic E-state index is 0.319. The van der Waals surface area contributed by atoms with E-state index in [0.29, 0.717) is 30.5 Å². The van der Waals surface area contributed by atoms with Crippen LogP contribution in [0.4, 0.5) is 0 Å². The zero-order valence-corrected chi connectivity index (χ0v) is 12.6. The van der Waals surface area contributed by atoms with Crippen molar-refractivity contribution in [2.75, 3.05) is 31.1 Å². The van der Waals surface area contributed by atoms with Gasteiger partial charge in [-0.25, -0.2) is 8.42 Å². The van der Waals surface area contributed by atoms with Crippen molar-refractivity contribution in [3.05, 3.63) is 35.4 Å². The first kappa shape index (κ1) is 14.5. The van der Waals surface area contributed by atoms with Crippen LogP contribution in [0.1, 0.15) is 30.9 Å². The van der Waals surface area contributed by atoms with Crippen molar-refractivity contribution in [1.29, 1.82) is 0 Å². The van der Waals surface area contributed by atoms with Crippen molar-refractivity contribution in [1.82, 2.24) is 4.90 Å². The minimum atomic E-state index is -2.76. The Morgan fingerprint density at radius 3 is 2.21 bits per heavy atom. The average Bonchev–Trinajstić information content (AvgIpc) is 2.38. The second-order valence-electron chi connectivity index (χ2n) is 5.64. The first-order valence-electron chi connectivity index (χ1n) is 6.98. The van der Waals surface area contributed by atoms with E-state index in [1.165, 1.54) is 11.1 Å². The highest BCUT2D eigenvalue weighted by Gasteiger charge is 2.20. The fraction of sp³-hybridized carbons (Fsp3) is 0.600. The maximum atomic E-state index is 11.3. The van der Waals surface area contributed by atoms with E-state index in [4.69, 9.17) is 0 Å². The van der Waals surface area contributed by atoms with Crippen LogP contribution in [0.25, 0.3) is 0 Å². The van der Waals surface area contributed by atoms with E-state index in [2.05, 4.69) is 43.0 Å². The minimum Gasteiger partial charge on any atom is -0.301 e. The predicted molar refractivity (Wildman–Crippen MR) is 79.3 cm³/mol. The van der Waals surface area contributed by atoms with Gasteiger partial charge in [0.15, 0.2) is 9.84 Å². The third-order valence-electron chi connectivity index (χ3n) is 3.80. The van der Waals surface area contributed by atoms with Gasteiger partial charge >= 0.3 is 0 Å². The van der Waals surface area contributed by atoms with Gasteiger partial charge in [-0.1, -0.05) is 38.1 Å². The molecule has 1 aromatic carbocycles. The molecule has 0 unspecified atom stereocenters. The van der Waals surface area contributed by atoms with Gasteiger partial charge in [-0.2, -0.15) is 0 Å². The fourth-order valence-corrected chi connectivity index (χ4v) is 3.61. The third kappa shape index (κ3) is 4.32. The van der Waals surface area contributed by atoms with Crippen LogP contribution in [0.15, 0.2) is 24.3 Å². The standard InChI is InChI=1S/C15H23NO2S/c1-13(2)15-5-3-14(4-6-15)7-8-16-9-11-19(17,18)12-10-16/h3-6,13H,7-12H2,1-2H3. The molecule has 0 radical (unpaired) electrons. The average molecular weight is 281 g/mol. The topological polar surface area (TPSA) is 37.4 Å². The summed E-state index contributed by atoms with van der Waals surface area (Å²) in [6.07, 6.45) is 0.998. The molecule has 1 fully saturated rings. The molecule has 0 aliphatic carbocycles. The highest BCUT2D eigenvalue weighted by atomic mass is 32.2. The highest BCUT2D eigenvalue weighted by molar-refractivity contribution is 7.91. The van der Waals surface area contributed by atoms with Crippen molar-refractivity contribution >= 4 is 9.84 Å². The van der Waals surface area contributed by atoms with Crippen LogP contribution in [0.3, 0.4) is 0 Å². The van der Waals surface area contributed by atoms with Crippen LogP contribution in [-0.4, -0.2) is 44.5 Å². The number of benzene rings is 1. The van der Waals surface area contributed by atoms with Crippen LogP contribution in [0, 0.1) is 0 Å². The fourth-order valence-electron chi connectivity index (χ4n) is 2.33. The molecule has 0 spiro atoms. The summed E-state index contributed by atoms with van der Waals surface area (Å²) in [6.45, 7) is 6.72. The van der Waals surface area contributed by atoms with E-state index in [9.17, 15) is 8.42 Å². The van der Waals surface area contributed by atoms with Crippen LogP contribution in [-0.2, 0) is 16.3 Å². The Morgan fingerprint density at radius 2 is 1.68 bits per heavy atom. The Hall–Kier alpha value is -0.870. The molecule has 1 heterocycles. The van der Waals surface area contributed by atoms with E-state index in [1.54, 1.807) is 0 Å². The summed E-state index contributed by atoms with van der Waals surface area (Å²) in [5.41, 5.74) is 2.70. The molecule has 0 aromatic heterocycles. The monoisotopic (exact) mass is 281 g/mol. The Kier molecular flexibility index (Phi) is 4.63. The smallest absolute Gasteiger partial charge is 0.152 e. The van der Waals surface area contributed by atoms with Gasteiger partial charge < -0.3 is 4.90 Å². The first-order valence-corrected chi connectivity index (χ1v) is 8.80. The molecular weight excluding hydrogens is 258 g/mol. The van der Waals surface area contributed by atoms with E-state index >= 15 is 0 Å². The molecule has 0 saturated carbocycles. The molecule has 0 atom stereocenters. The van der Waals surface area contributed by atoms with Gasteiger partial charge in [-0.3, -0.25) is 0 Å². The summed E-state index contributed by atoms with van der Waals surface area (Å²) in [4.78, 5) is 2.25. The summed E-state index contributed by atoms with van der Waals surface area (Å²) in [6, 6.07) is 8.77. The summed E-state index contributed by atoms with van der Waals surface area (Å²) < 4.78 is 22.7. The Labute approximate surface area is 116 Å². The third-order valence-corrected chi connectivity index (χ3v) is 5.41. The van der Waals surface area contributed by atoms with Crippen LogP contribution in [0.2, 0.25) is 0 Å². The highest BCUT2D eigenvalue weighted by Crippen LogP contribution is 2.15. The Morgan fingerprint density at radius 1 is 1.11 bits per heavy atom. The second kappa shape index (κ2) is 6.06. The van der Waals surface area contributed by atoms with Gasteiger partial charge in [-0.05, 0) is 23.5 Å². The molecule has 3 nitrogen and oxygen atoms in total. The summed E-state index contributed by atoms with van der Waals surface area (Å²) in [5, 5.41) is 0. The number of hydrogen-bond acceptors (Lipinski definition) is 3. The van der Waals surface area contributed by atoms with Crippen molar-refractivity contribution in [2.24, 2.45) is 0 Å². The molecule has 1 saturated heterocycles. The van der Waals surface area contributed by atoms with Crippen LogP contribution >= 0.6 is 0 Å². The molecule has 1 aromatic rings. The summed E-state index contributed by atoms with van der Waals surface area (Å²) >= 11 is 0. The number of nitrogens with zero attached hydrogens (tertiary/aromatic N) is 1. The van der Waals surface area contributed by atoms with Gasteiger partial charge in [0, 0.05) is 19.6 Å². The molecule has 0 bridgehead atoms. The zero-order valence-electron chi connectivity index (χ0n) is 11.8. The summed E-state index contributed by atoms with van der Waals surface area (Å²) in [5.74, 6) is 1.21. The normalized spacial score (nSPS) is 19.7. The lowest BCUT2D eigenvalue weighted by atomic mass is 10.0. The maximum Gasteiger partial charge on any atom is 0.152 e. The lowest BCUT2D eigenvalue weighted by molar-refractivity contribution is 0.299. The first-order chi connectivity index (χ1) is 8.96. The van der Waals surface area contributed by atoms with E-state index < -0.39 is 9.84 Å². The zero-order chi connectivity index (χ0) is 13.9. The molecule has 106 valence electrons. The number of hydrogen-bond donors (Lipinski definition) is 0. The second-order valence-corrected chi connectivity index (χ2v) is 7.94.